The van der Waals surface area contributed by atoms with Crippen LogP contribution < -0.4 is 14.8 Å². The molecule has 20 heavy (non-hydrogen) atoms. The van der Waals surface area contributed by atoms with Crippen molar-refractivity contribution in [2.75, 3.05) is 12.4 Å². The third-order valence-corrected chi connectivity index (χ3v) is 3.86. The summed E-state index contributed by atoms with van der Waals surface area (Å²) in [5.74, 6) is 1.26. The van der Waals surface area contributed by atoms with Gasteiger partial charge in [0.1, 0.15) is 17.1 Å². The van der Waals surface area contributed by atoms with Gasteiger partial charge in [-0.05, 0) is 46.1 Å². The van der Waals surface area contributed by atoms with E-state index in [1.807, 2.05) is 20.9 Å². The summed E-state index contributed by atoms with van der Waals surface area (Å²) in [6.07, 6.45) is 1.88. The normalized spacial score (nSPS) is 16.1. The van der Waals surface area contributed by atoms with Gasteiger partial charge >= 0.3 is 5.97 Å². The van der Waals surface area contributed by atoms with Gasteiger partial charge in [0.2, 0.25) is 0 Å². The van der Waals surface area contributed by atoms with Crippen molar-refractivity contribution >= 4 is 11.7 Å². The number of fused-ring (bicyclic) bond motifs is 1. The number of ether oxygens (including phenoxy) is 2. The molecule has 0 atom stereocenters. The summed E-state index contributed by atoms with van der Waals surface area (Å²) in [6.45, 7) is 9.56. The standard InChI is InChI=1S/C16H23NO3/c1-9-12-7-8-16(4,5)20-15(12)13(17-6)10(2)14(9)19-11(3)18/h17H,7-8H2,1-6H3. The molecule has 1 aromatic rings. The number of anilines is 1. The summed E-state index contributed by atoms with van der Waals surface area (Å²) >= 11 is 0. The van der Waals surface area contributed by atoms with Gasteiger partial charge in [0.05, 0.1) is 5.69 Å². The fourth-order valence-corrected chi connectivity index (χ4v) is 2.79. The van der Waals surface area contributed by atoms with Crippen molar-refractivity contribution in [1.82, 2.24) is 0 Å². The van der Waals surface area contributed by atoms with Crippen molar-refractivity contribution in [3.63, 3.8) is 0 Å². The Hall–Kier alpha value is -1.71. The maximum atomic E-state index is 11.3. The molecule has 0 aromatic heterocycles. The molecule has 0 fully saturated rings. The fourth-order valence-electron chi connectivity index (χ4n) is 2.79. The minimum Gasteiger partial charge on any atom is -0.485 e. The summed E-state index contributed by atoms with van der Waals surface area (Å²) in [6, 6.07) is 0. The van der Waals surface area contributed by atoms with Gasteiger partial charge in [-0.2, -0.15) is 0 Å². The second-order valence-corrected chi connectivity index (χ2v) is 5.97. The molecular weight excluding hydrogens is 254 g/mol. The first-order chi connectivity index (χ1) is 9.26. The zero-order chi connectivity index (χ0) is 15.1. The van der Waals surface area contributed by atoms with Crippen molar-refractivity contribution < 1.29 is 14.3 Å². The Morgan fingerprint density at radius 3 is 2.50 bits per heavy atom. The minimum atomic E-state index is -0.296. The monoisotopic (exact) mass is 277 g/mol. The van der Waals surface area contributed by atoms with Crippen molar-refractivity contribution in [3.05, 3.63) is 16.7 Å². The first-order valence-corrected chi connectivity index (χ1v) is 6.98. The van der Waals surface area contributed by atoms with E-state index in [1.165, 1.54) is 6.92 Å². The van der Waals surface area contributed by atoms with Crippen LogP contribution in [-0.4, -0.2) is 18.6 Å². The van der Waals surface area contributed by atoms with E-state index in [0.29, 0.717) is 5.75 Å². The van der Waals surface area contributed by atoms with E-state index in [2.05, 4.69) is 19.2 Å². The van der Waals surface area contributed by atoms with E-state index in [9.17, 15) is 4.79 Å². The summed E-state index contributed by atoms with van der Waals surface area (Å²) in [5.41, 5.74) is 3.80. The Labute approximate surface area is 120 Å². The highest BCUT2D eigenvalue weighted by Gasteiger charge is 2.32. The summed E-state index contributed by atoms with van der Waals surface area (Å²) in [5, 5.41) is 3.19. The predicted octanol–water partition coefficient (Wildman–Crippen LogP) is 3.37. The van der Waals surface area contributed by atoms with Crippen molar-refractivity contribution in [1.29, 1.82) is 0 Å². The molecule has 1 aliphatic heterocycles. The van der Waals surface area contributed by atoms with Gasteiger partial charge in [-0.3, -0.25) is 4.79 Å². The van der Waals surface area contributed by atoms with Gasteiger partial charge in [0, 0.05) is 25.1 Å². The van der Waals surface area contributed by atoms with Crippen LogP contribution >= 0.6 is 0 Å². The van der Waals surface area contributed by atoms with Gasteiger partial charge in [-0.15, -0.1) is 0 Å². The maximum absolute atomic E-state index is 11.3. The molecule has 110 valence electrons. The van der Waals surface area contributed by atoms with Gasteiger partial charge < -0.3 is 14.8 Å². The summed E-state index contributed by atoms with van der Waals surface area (Å²) in [4.78, 5) is 11.3. The van der Waals surface area contributed by atoms with E-state index >= 15 is 0 Å². The van der Waals surface area contributed by atoms with Crippen LogP contribution in [0.2, 0.25) is 0 Å². The lowest BCUT2D eigenvalue weighted by Gasteiger charge is -2.35. The van der Waals surface area contributed by atoms with E-state index in [-0.39, 0.29) is 11.6 Å². The van der Waals surface area contributed by atoms with E-state index in [0.717, 1.165) is 41.0 Å². The SMILES string of the molecule is CNc1c(C)c(OC(C)=O)c(C)c2c1OC(C)(C)CC2. The molecular formula is C16H23NO3. The van der Waals surface area contributed by atoms with Crippen LogP contribution in [0, 0.1) is 13.8 Å². The second kappa shape index (κ2) is 5.00. The summed E-state index contributed by atoms with van der Waals surface area (Å²) < 4.78 is 11.6. The van der Waals surface area contributed by atoms with Crippen LogP contribution in [0.4, 0.5) is 5.69 Å². The smallest absolute Gasteiger partial charge is 0.308 e. The average Bonchev–Trinajstić information content (AvgIpc) is 2.33. The van der Waals surface area contributed by atoms with Crippen LogP contribution in [0.5, 0.6) is 11.5 Å². The van der Waals surface area contributed by atoms with Crippen LogP contribution in [0.1, 0.15) is 43.9 Å². The van der Waals surface area contributed by atoms with Gasteiger partial charge in [-0.1, -0.05) is 0 Å². The van der Waals surface area contributed by atoms with Crippen molar-refractivity contribution in [2.24, 2.45) is 0 Å². The molecule has 0 bridgehead atoms. The lowest BCUT2D eigenvalue weighted by Crippen LogP contribution is -2.33. The van der Waals surface area contributed by atoms with Crippen molar-refractivity contribution in [3.8, 4) is 11.5 Å². The molecule has 1 heterocycles. The van der Waals surface area contributed by atoms with Gasteiger partial charge in [0.25, 0.3) is 0 Å². The van der Waals surface area contributed by atoms with Crippen molar-refractivity contribution in [2.45, 2.75) is 53.1 Å². The predicted molar refractivity (Wildman–Crippen MR) is 79.8 cm³/mol. The largest absolute Gasteiger partial charge is 0.485 e. The number of carbonyl (C=O) groups is 1. The lowest BCUT2D eigenvalue weighted by atomic mass is 9.89. The summed E-state index contributed by atoms with van der Waals surface area (Å²) in [7, 11) is 1.86. The molecule has 0 amide bonds. The third-order valence-electron chi connectivity index (χ3n) is 3.86. The molecule has 0 radical (unpaired) electrons. The van der Waals surface area contributed by atoms with E-state index < -0.39 is 0 Å². The molecule has 0 spiro atoms. The number of esters is 1. The quantitative estimate of drug-likeness (QED) is 0.665. The van der Waals surface area contributed by atoms with E-state index in [4.69, 9.17) is 9.47 Å². The number of benzene rings is 1. The minimum absolute atomic E-state index is 0.166. The number of carbonyl (C=O) groups excluding carboxylic acids is 1. The molecule has 0 saturated heterocycles. The average molecular weight is 277 g/mol. The topological polar surface area (TPSA) is 47.6 Å². The first kappa shape index (κ1) is 14.7. The fraction of sp³-hybridized carbons (Fsp3) is 0.562. The highest BCUT2D eigenvalue weighted by atomic mass is 16.5. The molecule has 0 unspecified atom stereocenters. The number of nitrogens with one attached hydrogen (secondary N) is 1. The maximum Gasteiger partial charge on any atom is 0.308 e. The van der Waals surface area contributed by atoms with Crippen LogP contribution in [0.15, 0.2) is 0 Å². The number of hydrogen-bond acceptors (Lipinski definition) is 4. The first-order valence-electron chi connectivity index (χ1n) is 6.98. The molecule has 1 aliphatic rings. The molecule has 0 saturated carbocycles. The van der Waals surface area contributed by atoms with E-state index in [1.54, 1.807) is 0 Å². The zero-order valence-corrected chi connectivity index (χ0v) is 13.1. The van der Waals surface area contributed by atoms with Gasteiger partial charge in [-0.25, -0.2) is 0 Å². The second-order valence-electron chi connectivity index (χ2n) is 5.97. The highest BCUT2D eigenvalue weighted by Crippen LogP contribution is 2.46. The Kier molecular flexibility index (Phi) is 3.67. The van der Waals surface area contributed by atoms with Crippen LogP contribution in [0.3, 0.4) is 0 Å². The van der Waals surface area contributed by atoms with Crippen LogP contribution in [-0.2, 0) is 11.2 Å². The Balaban J connectivity index is 2.64. The Bertz CT molecular complexity index is 538. The number of hydrogen-bond donors (Lipinski definition) is 1. The highest BCUT2D eigenvalue weighted by molar-refractivity contribution is 5.77. The molecule has 4 nitrogen and oxygen atoms in total. The molecule has 2 rings (SSSR count). The Morgan fingerprint density at radius 1 is 1.30 bits per heavy atom. The molecule has 0 aliphatic carbocycles. The van der Waals surface area contributed by atoms with Gasteiger partial charge in [0.15, 0.2) is 0 Å². The zero-order valence-electron chi connectivity index (χ0n) is 13.1. The third kappa shape index (κ3) is 2.47. The Morgan fingerprint density at radius 2 is 1.95 bits per heavy atom. The van der Waals surface area contributed by atoms with Crippen LogP contribution in [0.25, 0.3) is 0 Å². The number of rotatable bonds is 2. The molecule has 1 aromatic carbocycles. The molecule has 1 N–H and O–H groups in total. The molecule has 4 heteroatoms. The lowest BCUT2D eigenvalue weighted by molar-refractivity contribution is -0.131.